The highest BCUT2D eigenvalue weighted by Crippen LogP contribution is 2.26. The molecule has 0 aromatic carbocycles. The Kier molecular flexibility index (Phi) is 4.85. The lowest BCUT2D eigenvalue weighted by Crippen LogP contribution is -2.13. The van der Waals surface area contributed by atoms with Crippen molar-refractivity contribution in [3.63, 3.8) is 0 Å². The molecular weight excluding hydrogens is 236 g/mol. The first-order valence-electron chi connectivity index (χ1n) is 5.57. The second-order valence-electron chi connectivity index (χ2n) is 4.10. The first-order chi connectivity index (χ1) is 8.43. The quantitative estimate of drug-likeness (QED) is 0.346. The molecule has 1 rings (SSSR count). The highest BCUT2D eigenvalue weighted by atomic mass is 16.6. The van der Waals surface area contributed by atoms with Crippen molar-refractivity contribution in [3.8, 4) is 0 Å². The van der Waals surface area contributed by atoms with Gasteiger partial charge in [-0.25, -0.2) is 4.68 Å². The normalized spacial score (nSPS) is 10.4. The maximum absolute atomic E-state index is 10.9. The number of rotatable bonds is 7. The van der Waals surface area contributed by atoms with Gasteiger partial charge in [0.25, 0.3) is 0 Å². The van der Waals surface area contributed by atoms with E-state index >= 15 is 0 Å². The molecule has 0 saturated heterocycles. The van der Waals surface area contributed by atoms with Crippen LogP contribution in [0.15, 0.2) is 12.2 Å². The average molecular weight is 254 g/mol. The number of anilines is 1. The summed E-state index contributed by atoms with van der Waals surface area (Å²) in [5.74, 6) is 0.399. The Bertz CT molecular complexity index is 453. The van der Waals surface area contributed by atoms with Gasteiger partial charge in [-0.05, 0) is 13.8 Å². The van der Waals surface area contributed by atoms with E-state index in [1.54, 1.807) is 14.0 Å². The molecule has 1 aromatic rings. The molecular formula is C11H18N4O3. The van der Waals surface area contributed by atoms with Crippen LogP contribution in [0.3, 0.4) is 0 Å². The molecule has 0 bridgehead atoms. The van der Waals surface area contributed by atoms with Crippen molar-refractivity contribution in [2.24, 2.45) is 7.05 Å². The van der Waals surface area contributed by atoms with E-state index in [9.17, 15) is 10.1 Å². The van der Waals surface area contributed by atoms with Gasteiger partial charge in [0.15, 0.2) is 0 Å². The Balaban J connectivity index is 2.56. The summed E-state index contributed by atoms with van der Waals surface area (Å²) in [6.45, 7) is 8.63. The molecule has 1 N–H and O–H groups in total. The Morgan fingerprint density at radius 3 is 2.89 bits per heavy atom. The van der Waals surface area contributed by atoms with E-state index in [0.29, 0.717) is 31.3 Å². The Morgan fingerprint density at radius 1 is 1.67 bits per heavy atom. The first-order valence-corrected chi connectivity index (χ1v) is 5.57. The van der Waals surface area contributed by atoms with Crippen molar-refractivity contribution in [1.29, 1.82) is 0 Å². The highest BCUT2D eigenvalue weighted by molar-refractivity contribution is 5.59. The smallest absolute Gasteiger partial charge is 0.333 e. The Hall–Kier alpha value is -1.89. The van der Waals surface area contributed by atoms with Crippen LogP contribution in [0.2, 0.25) is 0 Å². The molecule has 7 heteroatoms. The van der Waals surface area contributed by atoms with Crippen LogP contribution in [-0.4, -0.2) is 34.5 Å². The van der Waals surface area contributed by atoms with E-state index in [4.69, 9.17) is 4.74 Å². The number of aryl methyl sites for hydroxylation is 2. The minimum atomic E-state index is -0.431. The maximum Gasteiger partial charge on any atom is 0.333 e. The third-order valence-electron chi connectivity index (χ3n) is 2.26. The zero-order valence-corrected chi connectivity index (χ0v) is 10.9. The van der Waals surface area contributed by atoms with E-state index in [2.05, 4.69) is 17.0 Å². The maximum atomic E-state index is 10.9. The van der Waals surface area contributed by atoms with Crippen molar-refractivity contribution in [1.82, 2.24) is 9.78 Å². The predicted octanol–water partition coefficient (Wildman–Crippen LogP) is 1.64. The molecule has 0 aliphatic rings. The number of hydrogen-bond acceptors (Lipinski definition) is 5. The van der Waals surface area contributed by atoms with Crippen LogP contribution in [0.5, 0.6) is 0 Å². The van der Waals surface area contributed by atoms with Gasteiger partial charge >= 0.3 is 5.69 Å². The molecule has 18 heavy (non-hydrogen) atoms. The van der Waals surface area contributed by atoms with E-state index < -0.39 is 4.92 Å². The second-order valence-corrected chi connectivity index (χ2v) is 4.10. The van der Waals surface area contributed by atoms with E-state index in [-0.39, 0.29) is 5.69 Å². The molecule has 0 saturated carbocycles. The third kappa shape index (κ3) is 3.56. The molecule has 1 heterocycles. The third-order valence-corrected chi connectivity index (χ3v) is 2.26. The minimum absolute atomic E-state index is 0.0115. The van der Waals surface area contributed by atoms with Crippen molar-refractivity contribution < 1.29 is 9.66 Å². The predicted molar refractivity (Wildman–Crippen MR) is 68.7 cm³/mol. The number of nitrogens with one attached hydrogen (secondary N) is 1. The summed E-state index contributed by atoms with van der Waals surface area (Å²) in [5, 5.41) is 17.9. The van der Waals surface area contributed by atoms with Gasteiger partial charge in [-0.2, -0.15) is 5.10 Å². The van der Waals surface area contributed by atoms with Crippen molar-refractivity contribution in [3.05, 3.63) is 28.0 Å². The number of nitro groups is 1. The van der Waals surface area contributed by atoms with Crippen LogP contribution in [0.4, 0.5) is 11.5 Å². The number of ether oxygens (including phenoxy) is 1. The molecule has 0 radical (unpaired) electrons. The molecule has 0 amide bonds. The lowest BCUT2D eigenvalue weighted by molar-refractivity contribution is -0.384. The number of aromatic nitrogens is 2. The van der Waals surface area contributed by atoms with E-state index in [1.807, 2.05) is 6.92 Å². The van der Waals surface area contributed by atoms with Crippen molar-refractivity contribution >= 4 is 11.5 Å². The van der Waals surface area contributed by atoms with Gasteiger partial charge in [0.2, 0.25) is 5.82 Å². The van der Waals surface area contributed by atoms with Crippen LogP contribution in [-0.2, 0) is 11.8 Å². The fourth-order valence-corrected chi connectivity index (χ4v) is 1.55. The molecule has 0 atom stereocenters. The Labute approximate surface area is 106 Å². The molecule has 0 aliphatic heterocycles. The molecule has 0 unspecified atom stereocenters. The van der Waals surface area contributed by atoms with Gasteiger partial charge in [0, 0.05) is 13.6 Å². The molecule has 0 aliphatic carbocycles. The minimum Gasteiger partial charge on any atom is -0.375 e. The largest absolute Gasteiger partial charge is 0.375 e. The first kappa shape index (κ1) is 14.2. The number of hydrogen-bond donors (Lipinski definition) is 1. The SMILES string of the molecule is C=C(C)COCCNc1c([N+](=O)[O-])c(C)nn1C. The topological polar surface area (TPSA) is 82.2 Å². The summed E-state index contributed by atoms with van der Waals surface area (Å²) in [6.07, 6.45) is 0. The molecule has 0 spiro atoms. The van der Waals surface area contributed by atoms with Crippen LogP contribution in [0.25, 0.3) is 0 Å². The molecule has 100 valence electrons. The summed E-state index contributed by atoms with van der Waals surface area (Å²) in [4.78, 5) is 10.5. The van der Waals surface area contributed by atoms with Crippen LogP contribution in [0.1, 0.15) is 12.6 Å². The van der Waals surface area contributed by atoms with Crippen molar-refractivity contribution in [2.45, 2.75) is 13.8 Å². The lowest BCUT2D eigenvalue weighted by atomic mass is 10.4. The van der Waals surface area contributed by atoms with Gasteiger partial charge in [-0.3, -0.25) is 10.1 Å². The van der Waals surface area contributed by atoms with E-state index in [1.165, 1.54) is 4.68 Å². The molecule has 0 fully saturated rings. The molecule has 1 aromatic heterocycles. The summed E-state index contributed by atoms with van der Waals surface area (Å²) < 4.78 is 6.77. The van der Waals surface area contributed by atoms with Gasteiger partial charge in [0.05, 0.1) is 18.1 Å². The zero-order chi connectivity index (χ0) is 13.7. The second kappa shape index (κ2) is 6.15. The fourth-order valence-electron chi connectivity index (χ4n) is 1.55. The summed E-state index contributed by atoms with van der Waals surface area (Å²) in [7, 11) is 1.66. The van der Waals surface area contributed by atoms with Gasteiger partial charge < -0.3 is 10.1 Å². The zero-order valence-electron chi connectivity index (χ0n) is 10.9. The van der Waals surface area contributed by atoms with Crippen molar-refractivity contribution in [2.75, 3.05) is 25.1 Å². The summed E-state index contributed by atoms with van der Waals surface area (Å²) >= 11 is 0. The summed E-state index contributed by atoms with van der Waals surface area (Å²) in [6, 6.07) is 0. The lowest BCUT2D eigenvalue weighted by Gasteiger charge is -2.07. The van der Waals surface area contributed by atoms with Gasteiger partial charge in [0.1, 0.15) is 5.69 Å². The number of nitrogens with zero attached hydrogens (tertiary/aromatic N) is 3. The molecule has 7 nitrogen and oxygen atoms in total. The van der Waals surface area contributed by atoms with Gasteiger partial charge in [-0.15, -0.1) is 0 Å². The Morgan fingerprint density at radius 2 is 2.33 bits per heavy atom. The highest BCUT2D eigenvalue weighted by Gasteiger charge is 2.23. The standard InChI is InChI=1S/C11H18N4O3/c1-8(2)7-18-6-5-12-11-10(15(16)17)9(3)13-14(11)4/h12H,1,5-7H2,2-4H3. The van der Waals surface area contributed by atoms with Crippen LogP contribution >= 0.6 is 0 Å². The average Bonchev–Trinajstić information content (AvgIpc) is 2.52. The van der Waals surface area contributed by atoms with Gasteiger partial charge in [-0.1, -0.05) is 12.2 Å². The van der Waals surface area contributed by atoms with Crippen LogP contribution < -0.4 is 5.32 Å². The monoisotopic (exact) mass is 254 g/mol. The van der Waals surface area contributed by atoms with E-state index in [0.717, 1.165) is 5.57 Å². The fraction of sp³-hybridized carbons (Fsp3) is 0.545. The van der Waals surface area contributed by atoms with Crippen LogP contribution in [0, 0.1) is 17.0 Å². The summed E-state index contributed by atoms with van der Waals surface area (Å²) in [5.41, 5.74) is 1.35.